The molecule has 5 aromatic rings. The predicted molar refractivity (Wildman–Crippen MR) is 198 cm³/mol. The van der Waals surface area contributed by atoms with Gasteiger partial charge in [0, 0.05) is 75.6 Å². The molecule has 0 unspecified atom stereocenters. The Labute approximate surface area is 351 Å². The Kier molecular flexibility index (Phi) is 4.93. The van der Waals surface area contributed by atoms with Crippen molar-refractivity contribution in [2.45, 2.75) is 55.7 Å². The SMILES string of the molecule is [2H]c1c([2H])c(F)c(F)c(CSc2c([2H])c(=O)c3c([2H])c([2H])c([2H])c([2H])c3n2CC(=O)N(C([2H])([2H])c2c([2H])c([2H])c(-c3c([2H])c([2H])c(C(F)(F)F)c([2H])c3[2H])c([2H])c2C)C2([2H])C([2H])([2H])C([2H])([2H])N(C([2H])([2H])C([2H])([2H])OC)C([2H])([2H])C2([2H])[2H])c1[2H]. The zero-order valence-corrected chi connectivity index (χ0v) is 27.6. The van der Waals surface area contributed by atoms with Gasteiger partial charge in [-0.25, -0.2) is 8.78 Å². The van der Waals surface area contributed by atoms with Gasteiger partial charge in [0.25, 0.3) is 0 Å². The number of alkyl halides is 3. The topological polar surface area (TPSA) is 54.8 Å². The number of halogens is 5. The minimum absolute atomic E-state index is 0.0775. The summed E-state index contributed by atoms with van der Waals surface area (Å²) in [7, 11) is 0.453. The van der Waals surface area contributed by atoms with Crippen LogP contribution in [0.5, 0.6) is 0 Å². The highest BCUT2D eigenvalue weighted by atomic mass is 32.2. The molecule has 0 N–H and O–H groups in total. The van der Waals surface area contributed by atoms with Gasteiger partial charge in [0.05, 0.1) is 50.1 Å². The van der Waals surface area contributed by atoms with Crippen LogP contribution >= 0.6 is 11.8 Å². The molecular weight excluding hydrogens is 710 g/mol. The first-order chi connectivity index (χ1) is 37.3. The van der Waals surface area contributed by atoms with Crippen molar-refractivity contribution in [3.05, 3.63) is 135 Å². The number of methoxy groups -OCH3 is 1. The van der Waals surface area contributed by atoms with Crippen LogP contribution in [0.4, 0.5) is 22.0 Å². The lowest BCUT2D eigenvalue weighted by Crippen LogP contribution is -2.48. The summed E-state index contributed by atoms with van der Waals surface area (Å²) in [6.45, 7) is -24.2. The number of rotatable bonds is 12. The fraction of sp³-hybridized carbons (Fsp3) is 0.317. The quantitative estimate of drug-likeness (QED) is 0.0938. The Bertz CT molecular complexity index is 3560. The molecule has 0 saturated carbocycles. The van der Waals surface area contributed by atoms with Crippen LogP contribution in [0.2, 0.25) is 0 Å². The molecule has 0 spiro atoms. The Hall–Kier alpha value is -4.52. The molecule has 1 aliphatic rings. The number of nitrogens with zero attached hydrogens (tertiary/aromatic N) is 3. The smallest absolute Gasteiger partial charge is 0.383 e. The van der Waals surface area contributed by atoms with Crippen LogP contribution in [0.3, 0.4) is 0 Å². The van der Waals surface area contributed by atoms with Crippen molar-refractivity contribution in [3.63, 3.8) is 0 Å². The van der Waals surface area contributed by atoms with Gasteiger partial charge in [-0.15, -0.1) is 11.8 Å². The van der Waals surface area contributed by atoms with E-state index < -0.39 is 243 Å². The first-order valence-corrected chi connectivity index (χ1v) is 15.5. The van der Waals surface area contributed by atoms with Crippen molar-refractivity contribution in [1.82, 2.24) is 14.4 Å². The number of aromatic nitrogens is 1. The number of ether oxygens (including phenoxy) is 1. The highest BCUT2D eigenvalue weighted by Crippen LogP contribution is 2.32. The summed E-state index contributed by atoms with van der Waals surface area (Å²) in [6.07, 6.45) is -15.6. The van der Waals surface area contributed by atoms with Crippen LogP contribution in [-0.4, -0.2) is 59.5 Å². The summed E-state index contributed by atoms with van der Waals surface area (Å²) < 4.78 is 341. The third kappa shape index (κ3) is 9.00. The van der Waals surface area contributed by atoms with Crippen molar-refractivity contribution in [2.24, 2.45) is 0 Å². The van der Waals surface area contributed by atoms with Crippen LogP contribution in [0.25, 0.3) is 22.0 Å². The van der Waals surface area contributed by atoms with Crippen molar-refractivity contribution in [3.8, 4) is 11.1 Å². The zero-order chi connectivity index (χ0) is 64.2. The highest BCUT2D eigenvalue weighted by Gasteiger charge is 2.31. The van der Waals surface area contributed by atoms with E-state index in [2.05, 4.69) is 4.74 Å². The van der Waals surface area contributed by atoms with Gasteiger partial charge >= 0.3 is 6.18 Å². The minimum atomic E-state index is -5.56. The van der Waals surface area contributed by atoms with Crippen molar-refractivity contribution >= 4 is 28.6 Å². The largest absolute Gasteiger partial charge is 0.416 e. The number of hydrogen-bond acceptors (Lipinski definition) is 5. The molecular formula is C41H40F5N3O3S. The number of fused-ring (bicyclic) bond motifs is 1. The van der Waals surface area contributed by atoms with Gasteiger partial charge in [0.2, 0.25) is 5.91 Å². The molecule has 1 aliphatic heterocycles. The Morgan fingerprint density at radius 1 is 1.00 bits per heavy atom. The zero-order valence-electron chi connectivity index (χ0n) is 56.8. The van der Waals surface area contributed by atoms with Gasteiger partial charge in [0.1, 0.15) is 6.54 Å². The summed E-state index contributed by atoms with van der Waals surface area (Å²) >= 11 is -0.0775. The van der Waals surface area contributed by atoms with Crippen LogP contribution in [0, 0.1) is 18.6 Å². The maximum Gasteiger partial charge on any atom is 0.416 e. The third-order valence-corrected chi connectivity index (χ3v) is 7.84. The van der Waals surface area contributed by atoms with Crippen molar-refractivity contribution < 1.29 is 72.6 Å². The Morgan fingerprint density at radius 3 is 2.43 bits per heavy atom. The van der Waals surface area contributed by atoms with Gasteiger partial charge in [-0.1, -0.05) is 54.4 Å². The first kappa shape index (κ1) is 15.7. The molecule has 0 bridgehead atoms. The average Bonchev–Trinajstić information content (AvgIpc) is 3.51. The predicted octanol–water partition coefficient (Wildman–Crippen LogP) is 8.71. The molecule has 53 heavy (non-hydrogen) atoms. The summed E-state index contributed by atoms with van der Waals surface area (Å²) in [5.41, 5.74) is -11.6. The molecule has 278 valence electrons. The molecule has 1 fully saturated rings. The maximum atomic E-state index is 15.9. The Morgan fingerprint density at radius 2 is 1.72 bits per heavy atom. The molecule has 0 aliphatic carbocycles. The number of carbonyl (C=O) groups excluding carboxylic acids is 1. The molecule has 2 heterocycles. The number of pyridine rings is 1. The summed E-state index contributed by atoms with van der Waals surface area (Å²) in [5, 5.41) is -2.36. The molecule has 12 heteroatoms. The summed E-state index contributed by atoms with van der Waals surface area (Å²) in [4.78, 5) is 27.9. The molecule has 4 aromatic carbocycles. The summed E-state index contributed by atoms with van der Waals surface area (Å²) in [5.74, 6) is -7.69. The van der Waals surface area contributed by atoms with Gasteiger partial charge < -0.3 is 19.1 Å². The molecule has 1 amide bonds. The molecule has 6 rings (SSSR count). The molecule has 0 atom stereocenters. The number of benzene rings is 4. The van der Waals surface area contributed by atoms with E-state index in [1.165, 1.54) is 0 Å². The minimum Gasteiger partial charge on any atom is -0.383 e. The van der Waals surface area contributed by atoms with E-state index in [4.69, 9.17) is 31.5 Å². The monoisotopic (exact) mass is 779 g/mol. The molecule has 1 aromatic heterocycles. The number of carbonyl (C=O) groups is 1. The van der Waals surface area contributed by atoms with Gasteiger partial charge in [-0.05, 0) is 72.1 Å². The molecule has 0 radical (unpaired) electrons. The fourth-order valence-corrected chi connectivity index (χ4v) is 5.28. The molecule has 6 nitrogen and oxygen atoms in total. The maximum absolute atomic E-state index is 15.9. The van der Waals surface area contributed by atoms with E-state index in [1.807, 2.05) is 0 Å². The van der Waals surface area contributed by atoms with Crippen LogP contribution < -0.4 is 5.43 Å². The second-order valence-corrected chi connectivity index (χ2v) is 11.2. The van der Waals surface area contributed by atoms with E-state index in [9.17, 15) is 32.0 Å². The van der Waals surface area contributed by atoms with E-state index >= 15 is 9.18 Å². The van der Waals surface area contributed by atoms with E-state index in [1.54, 1.807) is 0 Å². The third-order valence-electron chi connectivity index (χ3n) is 6.81. The number of hydrogen-bond donors (Lipinski definition) is 0. The lowest BCUT2D eigenvalue weighted by molar-refractivity contribution is -0.137. The van der Waals surface area contributed by atoms with Crippen LogP contribution in [-0.2, 0) is 34.5 Å². The second-order valence-electron chi connectivity index (χ2n) is 10.3. The lowest BCUT2D eigenvalue weighted by Gasteiger charge is -2.39. The number of likely N-dealkylation sites (tertiary alicyclic amines) is 1. The van der Waals surface area contributed by atoms with Crippen LogP contribution in [0.15, 0.2) is 100 Å². The highest BCUT2D eigenvalue weighted by molar-refractivity contribution is 7.98. The Balaban J connectivity index is 1.81. The standard InChI is InChI=1S/C41H40F5N3O3S/c1-27-22-29(28-12-14-32(15-13-28)41(44,45)46)10-11-30(27)24-48(33-16-18-47(19-17-33)20-21-52-2)38(51)25-49-36-9-4-3-7-34(36)37(50)23-39(49)53-26-31-6-5-8-35(42)40(31)43/h3-15,22-23,33H,16-21,24-26H2,1-2H3/i3D,4D,5D,6D,7D,8D,9D,10D,11D,12D,13D,14D,15D,16D2,17D2,18D2,19D2,20D2,21D2,22D,23D,24D2,33D. The van der Waals surface area contributed by atoms with E-state index in [0.29, 0.717) is 14.0 Å². The number of piperidine rings is 1. The van der Waals surface area contributed by atoms with E-state index in [-0.39, 0.29) is 16.3 Å². The first-order valence-electron chi connectivity index (χ1n) is 29.5. The van der Waals surface area contributed by atoms with E-state index in [0.717, 1.165) is 0 Å². The fourth-order valence-electron chi connectivity index (χ4n) is 4.32. The van der Waals surface area contributed by atoms with Gasteiger partial charge in [0.15, 0.2) is 17.1 Å². The number of thioether (sulfide) groups is 1. The normalized spacial score (nSPS) is 27.5. The van der Waals surface area contributed by atoms with Crippen LogP contribution in [0.1, 0.15) is 76.1 Å². The molecule has 1 saturated heterocycles. The van der Waals surface area contributed by atoms with Gasteiger partial charge in [-0.3, -0.25) is 9.59 Å². The number of amides is 1. The van der Waals surface area contributed by atoms with Crippen molar-refractivity contribution in [2.75, 3.05) is 33.2 Å². The summed E-state index contributed by atoms with van der Waals surface area (Å²) in [6, 6.07) is -27.1. The van der Waals surface area contributed by atoms with Crippen molar-refractivity contribution in [1.29, 1.82) is 0 Å². The average molecular weight is 780 g/mol. The van der Waals surface area contributed by atoms with Gasteiger partial charge in [-0.2, -0.15) is 13.2 Å². The number of para-hydroxylation sites is 1. The lowest BCUT2D eigenvalue weighted by atomic mass is 9.97. The second kappa shape index (κ2) is 16.7.